The number of carbonyl (C=O) groups excluding carboxylic acids is 1. The third-order valence-corrected chi connectivity index (χ3v) is 4.39. The summed E-state index contributed by atoms with van der Waals surface area (Å²) in [6.45, 7) is 0.578. The molecule has 3 aromatic heterocycles. The molecule has 134 valence electrons. The number of nitrogens with one attached hydrogen (secondary N) is 1. The summed E-state index contributed by atoms with van der Waals surface area (Å²) >= 11 is 0. The fourth-order valence-corrected chi connectivity index (χ4v) is 3.04. The maximum Gasteiger partial charge on any atom is 0.273 e. The van der Waals surface area contributed by atoms with E-state index in [0.29, 0.717) is 18.1 Å². The molecule has 0 aliphatic heterocycles. The highest BCUT2D eigenvalue weighted by molar-refractivity contribution is 5.92. The van der Waals surface area contributed by atoms with Crippen molar-refractivity contribution in [3.63, 3.8) is 0 Å². The molecule has 26 heavy (non-hydrogen) atoms. The zero-order valence-corrected chi connectivity index (χ0v) is 14.1. The van der Waals surface area contributed by atoms with Crippen LogP contribution in [0.5, 0.6) is 0 Å². The molecule has 8 nitrogen and oxygen atoms in total. The molecule has 0 saturated heterocycles. The predicted octanol–water partition coefficient (Wildman–Crippen LogP) is 1.80. The van der Waals surface area contributed by atoms with E-state index >= 15 is 0 Å². The number of furan rings is 1. The number of fused-ring (bicyclic) bond motifs is 1. The van der Waals surface area contributed by atoms with Crippen molar-refractivity contribution >= 4 is 5.91 Å². The fraction of sp³-hybridized carbons (Fsp3) is 0.333. The second-order valence-electron chi connectivity index (χ2n) is 6.19. The molecule has 1 amide bonds. The van der Waals surface area contributed by atoms with Crippen LogP contribution in [0.2, 0.25) is 0 Å². The van der Waals surface area contributed by atoms with Crippen LogP contribution in [0.4, 0.5) is 0 Å². The van der Waals surface area contributed by atoms with E-state index in [1.165, 1.54) is 17.0 Å². The van der Waals surface area contributed by atoms with Crippen LogP contribution in [0.15, 0.2) is 44.3 Å². The van der Waals surface area contributed by atoms with Gasteiger partial charge in [0.25, 0.3) is 11.5 Å². The zero-order valence-electron chi connectivity index (χ0n) is 14.1. The van der Waals surface area contributed by atoms with E-state index in [1.54, 1.807) is 18.2 Å². The molecular formula is C18H18N4O4. The first-order valence-corrected chi connectivity index (χ1v) is 8.59. The smallest absolute Gasteiger partial charge is 0.273 e. The Balaban J connectivity index is 1.37. The van der Waals surface area contributed by atoms with Crippen LogP contribution in [-0.4, -0.2) is 27.4 Å². The first-order valence-electron chi connectivity index (χ1n) is 8.59. The average Bonchev–Trinajstić information content (AvgIpc) is 3.33. The van der Waals surface area contributed by atoms with Gasteiger partial charge in [0.05, 0.1) is 18.5 Å². The van der Waals surface area contributed by atoms with Crippen LogP contribution in [-0.2, 0) is 19.4 Å². The molecule has 4 rings (SSSR count). The predicted molar refractivity (Wildman–Crippen MR) is 91.7 cm³/mol. The lowest BCUT2D eigenvalue weighted by atomic mass is 9.97. The Labute approximate surface area is 148 Å². The molecule has 0 fully saturated rings. The van der Waals surface area contributed by atoms with Gasteiger partial charge >= 0.3 is 0 Å². The number of hydrogen-bond donors (Lipinski definition) is 1. The summed E-state index contributed by atoms with van der Waals surface area (Å²) in [6, 6.07) is 6.62. The molecular weight excluding hydrogens is 336 g/mol. The summed E-state index contributed by atoms with van der Waals surface area (Å²) < 4.78 is 11.7. The van der Waals surface area contributed by atoms with E-state index in [2.05, 4.69) is 15.6 Å². The van der Waals surface area contributed by atoms with Crippen LogP contribution in [0.3, 0.4) is 0 Å². The molecule has 0 atom stereocenters. The second kappa shape index (κ2) is 6.99. The van der Waals surface area contributed by atoms with Crippen LogP contribution in [0.1, 0.15) is 34.6 Å². The number of amides is 1. The highest BCUT2D eigenvalue weighted by Crippen LogP contribution is 2.20. The van der Waals surface area contributed by atoms with Crippen molar-refractivity contribution in [3.05, 3.63) is 57.8 Å². The van der Waals surface area contributed by atoms with Crippen LogP contribution < -0.4 is 10.9 Å². The van der Waals surface area contributed by atoms with Crippen LogP contribution >= 0.6 is 0 Å². The summed E-state index contributed by atoms with van der Waals surface area (Å²) in [5, 5.41) is 10.9. The van der Waals surface area contributed by atoms with Crippen molar-refractivity contribution in [1.82, 2.24) is 20.3 Å². The highest BCUT2D eigenvalue weighted by atomic mass is 16.5. The Morgan fingerprint density at radius 3 is 2.96 bits per heavy atom. The van der Waals surface area contributed by atoms with Gasteiger partial charge in [-0.25, -0.2) is 4.68 Å². The Morgan fingerprint density at radius 1 is 1.23 bits per heavy atom. The van der Waals surface area contributed by atoms with E-state index in [4.69, 9.17) is 8.94 Å². The number of hydrogen-bond acceptors (Lipinski definition) is 6. The maximum absolute atomic E-state index is 12.2. The standard InChI is InChI=1S/C18H18N4O4/c23-17-10-12-4-1-2-5-13(12)20-22(17)8-7-19-18(24)14-11-16(26-21-14)15-6-3-9-25-15/h3,6,9-11H,1-2,4-5,7-8H2,(H,19,24). The summed E-state index contributed by atoms with van der Waals surface area (Å²) in [7, 11) is 0. The summed E-state index contributed by atoms with van der Waals surface area (Å²) in [4.78, 5) is 24.3. The monoisotopic (exact) mass is 354 g/mol. The number of rotatable bonds is 5. The van der Waals surface area contributed by atoms with Gasteiger partial charge in [-0.3, -0.25) is 9.59 Å². The van der Waals surface area contributed by atoms with Gasteiger partial charge in [0, 0.05) is 18.7 Å². The minimum absolute atomic E-state index is 0.138. The number of aryl methyl sites for hydroxylation is 2. The lowest BCUT2D eigenvalue weighted by Crippen LogP contribution is -2.33. The quantitative estimate of drug-likeness (QED) is 0.749. The van der Waals surface area contributed by atoms with Gasteiger partial charge in [-0.05, 0) is 43.4 Å². The van der Waals surface area contributed by atoms with Gasteiger partial charge in [-0.2, -0.15) is 5.10 Å². The summed E-state index contributed by atoms with van der Waals surface area (Å²) in [5.41, 5.74) is 2.06. The van der Waals surface area contributed by atoms with Crippen molar-refractivity contribution in [2.45, 2.75) is 32.2 Å². The fourth-order valence-electron chi connectivity index (χ4n) is 3.04. The molecule has 1 aliphatic rings. The first-order chi connectivity index (χ1) is 12.7. The van der Waals surface area contributed by atoms with Crippen molar-refractivity contribution in [2.75, 3.05) is 6.54 Å². The van der Waals surface area contributed by atoms with Gasteiger partial charge in [-0.1, -0.05) is 5.16 Å². The van der Waals surface area contributed by atoms with Gasteiger partial charge in [0.1, 0.15) is 0 Å². The van der Waals surface area contributed by atoms with E-state index in [0.717, 1.165) is 36.9 Å². The minimum Gasteiger partial charge on any atom is -0.461 e. The SMILES string of the molecule is O=C(NCCn1nc2c(cc1=O)CCCC2)c1cc(-c2ccco2)on1. The molecule has 0 bridgehead atoms. The molecule has 0 aromatic carbocycles. The minimum atomic E-state index is -0.377. The normalized spacial score (nSPS) is 13.4. The molecule has 0 radical (unpaired) electrons. The number of nitrogens with zero attached hydrogens (tertiary/aromatic N) is 3. The Morgan fingerprint density at radius 2 is 2.12 bits per heavy atom. The lowest BCUT2D eigenvalue weighted by Gasteiger charge is -2.15. The highest BCUT2D eigenvalue weighted by Gasteiger charge is 2.16. The van der Waals surface area contributed by atoms with Crippen LogP contribution in [0.25, 0.3) is 11.5 Å². The van der Waals surface area contributed by atoms with Crippen molar-refractivity contribution in [3.8, 4) is 11.5 Å². The lowest BCUT2D eigenvalue weighted by molar-refractivity contribution is 0.0942. The third kappa shape index (κ3) is 3.30. The Bertz CT molecular complexity index is 971. The summed E-state index contributed by atoms with van der Waals surface area (Å²) in [5.74, 6) is 0.506. The molecule has 0 saturated carbocycles. The second-order valence-corrected chi connectivity index (χ2v) is 6.19. The molecule has 8 heteroatoms. The van der Waals surface area contributed by atoms with Crippen LogP contribution in [0, 0.1) is 0 Å². The Kier molecular flexibility index (Phi) is 4.39. The molecule has 3 heterocycles. The van der Waals surface area contributed by atoms with Gasteiger partial charge in [0.2, 0.25) is 5.76 Å². The van der Waals surface area contributed by atoms with Crippen molar-refractivity contribution < 1.29 is 13.7 Å². The van der Waals surface area contributed by atoms with Gasteiger partial charge in [0.15, 0.2) is 11.5 Å². The number of aromatic nitrogens is 3. The van der Waals surface area contributed by atoms with Crippen molar-refractivity contribution in [1.29, 1.82) is 0 Å². The van der Waals surface area contributed by atoms with Gasteiger partial charge in [-0.15, -0.1) is 0 Å². The first kappa shape index (κ1) is 16.3. The Hall–Kier alpha value is -3.16. The molecule has 3 aromatic rings. The average molecular weight is 354 g/mol. The van der Waals surface area contributed by atoms with Crippen molar-refractivity contribution in [2.24, 2.45) is 0 Å². The van der Waals surface area contributed by atoms with Gasteiger partial charge < -0.3 is 14.3 Å². The number of carbonyl (C=O) groups is 1. The molecule has 1 aliphatic carbocycles. The molecule has 0 unspecified atom stereocenters. The third-order valence-electron chi connectivity index (χ3n) is 4.39. The molecule has 0 spiro atoms. The maximum atomic E-state index is 12.2. The largest absolute Gasteiger partial charge is 0.461 e. The van der Waals surface area contributed by atoms with E-state index in [9.17, 15) is 9.59 Å². The molecule has 1 N–H and O–H groups in total. The summed E-state index contributed by atoms with van der Waals surface area (Å²) in [6.07, 6.45) is 5.53. The van der Waals surface area contributed by atoms with E-state index < -0.39 is 0 Å². The van der Waals surface area contributed by atoms with E-state index in [-0.39, 0.29) is 23.7 Å². The topological polar surface area (TPSA) is 103 Å². The van der Waals surface area contributed by atoms with E-state index in [1.807, 2.05) is 0 Å². The zero-order chi connectivity index (χ0) is 17.9.